The average Bonchev–Trinajstić information content (AvgIpc) is 3.17. The highest BCUT2D eigenvalue weighted by Gasteiger charge is 2.25. The summed E-state index contributed by atoms with van der Waals surface area (Å²) < 4.78 is 0. The number of aromatic amines is 1. The van der Waals surface area contributed by atoms with E-state index in [0.717, 1.165) is 18.8 Å². The number of aliphatic imine (C=N–C) groups is 1. The molecule has 1 fully saturated rings. The number of nitrogens with one attached hydrogen (secondary N) is 2. The van der Waals surface area contributed by atoms with Gasteiger partial charge in [-0.1, -0.05) is 0 Å². The molecule has 4 N–H and O–H groups in total. The fourth-order valence-corrected chi connectivity index (χ4v) is 1.96. The highest BCUT2D eigenvalue weighted by atomic mass is 15.2. The van der Waals surface area contributed by atoms with Crippen molar-refractivity contribution in [1.29, 1.82) is 5.41 Å². The molecule has 1 saturated carbocycles. The monoisotopic (exact) mass is 291 g/mol. The Morgan fingerprint density at radius 1 is 1.43 bits per heavy atom. The molecular formula is C14H25N7. The van der Waals surface area contributed by atoms with E-state index in [0.29, 0.717) is 29.8 Å². The molecule has 0 radical (unpaired) electrons. The summed E-state index contributed by atoms with van der Waals surface area (Å²) in [5.74, 6) is 2.12. The fraction of sp³-hybridized carbons (Fsp3) is 0.643. The van der Waals surface area contributed by atoms with Crippen LogP contribution in [0.1, 0.15) is 30.9 Å². The van der Waals surface area contributed by atoms with Gasteiger partial charge < -0.3 is 15.5 Å². The number of aromatic nitrogens is 2. The molecular weight excluding hydrogens is 266 g/mol. The molecule has 0 aromatic carbocycles. The molecule has 1 aliphatic carbocycles. The van der Waals surface area contributed by atoms with Gasteiger partial charge in [-0.2, -0.15) is 5.10 Å². The molecule has 1 heterocycles. The van der Waals surface area contributed by atoms with Crippen LogP contribution in [-0.2, 0) is 0 Å². The van der Waals surface area contributed by atoms with Gasteiger partial charge in [0.05, 0.1) is 6.42 Å². The lowest BCUT2D eigenvalue weighted by Gasteiger charge is -2.21. The Morgan fingerprint density at radius 3 is 2.76 bits per heavy atom. The van der Waals surface area contributed by atoms with Crippen LogP contribution in [0.2, 0.25) is 0 Å². The van der Waals surface area contributed by atoms with Gasteiger partial charge in [-0.05, 0) is 26.9 Å². The lowest BCUT2D eigenvalue weighted by Crippen LogP contribution is -2.35. The van der Waals surface area contributed by atoms with Crippen LogP contribution in [-0.4, -0.2) is 65.9 Å². The number of hydrogen-bond donors (Lipinski definition) is 3. The van der Waals surface area contributed by atoms with Crippen molar-refractivity contribution >= 4 is 17.5 Å². The highest BCUT2D eigenvalue weighted by Crippen LogP contribution is 2.39. The van der Waals surface area contributed by atoms with Gasteiger partial charge >= 0.3 is 0 Å². The van der Waals surface area contributed by atoms with E-state index in [2.05, 4.69) is 20.1 Å². The fourth-order valence-electron chi connectivity index (χ4n) is 1.96. The SMILES string of the molecule is CN(C)CCN(C)C(=N)CC(N)=Nc1cc(C2CC2)[nH]n1. The standard InChI is InChI=1S/C14H25N7/c1-20(2)6-7-21(3)13(16)9-12(15)17-14-8-11(18-19-14)10-4-5-10/h8,10,16H,4-7,9H2,1-3H3,(H3,15,17,18,19). The van der Waals surface area contributed by atoms with E-state index < -0.39 is 0 Å². The Bertz CT molecular complexity index is 513. The molecule has 1 aliphatic rings. The number of amidine groups is 2. The maximum absolute atomic E-state index is 8.04. The van der Waals surface area contributed by atoms with Gasteiger partial charge in [0.2, 0.25) is 0 Å². The Labute approximate surface area is 125 Å². The molecule has 1 aromatic heterocycles. The zero-order chi connectivity index (χ0) is 15.4. The zero-order valence-electron chi connectivity index (χ0n) is 13.1. The molecule has 1 aromatic rings. The molecule has 0 bridgehead atoms. The molecule has 7 nitrogen and oxygen atoms in total. The van der Waals surface area contributed by atoms with Gasteiger partial charge in [-0.15, -0.1) is 0 Å². The van der Waals surface area contributed by atoms with Gasteiger partial charge in [0.15, 0.2) is 5.82 Å². The molecule has 7 heteroatoms. The average molecular weight is 291 g/mol. The van der Waals surface area contributed by atoms with Crippen molar-refractivity contribution in [3.05, 3.63) is 11.8 Å². The maximum atomic E-state index is 8.04. The van der Waals surface area contributed by atoms with E-state index in [1.54, 1.807) is 0 Å². The van der Waals surface area contributed by atoms with Crippen molar-refractivity contribution in [3.8, 4) is 0 Å². The van der Waals surface area contributed by atoms with Crippen LogP contribution >= 0.6 is 0 Å². The maximum Gasteiger partial charge on any atom is 0.175 e. The van der Waals surface area contributed by atoms with Gasteiger partial charge in [-0.25, -0.2) is 4.99 Å². The van der Waals surface area contributed by atoms with E-state index >= 15 is 0 Å². The summed E-state index contributed by atoms with van der Waals surface area (Å²) >= 11 is 0. The minimum Gasteiger partial charge on any atom is -0.387 e. The van der Waals surface area contributed by atoms with Crippen LogP contribution in [0.3, 0.4) is 0 Å². The minimum atomic E-state index is 0.343. The lowest BCUT2D eigenvalue weighted by molar-refractivity contribution is 0.354. The van der Waals surface area contributed by atoms with Crippen molar-refractivity contribution in [2.75, 3.05) is 34.2 Å². The lowest BCUT2D eigenvalue weighted by atomic mass is 10.3. The molecule has 0 unspecified atom stereocenters. The third kappa shape index (κ3) is 4.86. The smallest absolute Gasteiger partial charge is 0.175 e. The second-order valence-electron chi connectivity index (χ2n) is 5.91. The van der Waals surface area contributed by atoms with Crippen LogP contribution in [0.5, 0.6) is 0 Å². The molecule has 0 atom stereocenters. The molecule has 21 heavy (non-hydrogen) atoms. The zero-order valence-corrected chi connectivity index (χ0v) is 13.1. The van der Waals surface area contributed by atoms with Gasteiger partial charge in [0, 0.05) is 37.8 Å². The summed E-state index contributed by atoms with van der Waals surface area (Å²) in [6.45, 7) is 1.70. The molecule has 2 rings (SSSR count). The quantitative estimate of drug-likeness (QED) is 0.518. The van der Waals surface area contributed by atoms with Crippen molar-refractivity contribution in [2.45, 2.75) is 25.2 Å². The van der Waals surface area contributed by atoms with E-state index in [4.69, 9.17) is 11.1 Å². The highest BCUT2D eigenvalue weighted by molar-refractivity contribution is 6.00. The number of likely N-dealkylation sites (N-methyl/N-ethyl adjacent to an activating group) is 2. The number of nitrogens with two attached hydrogens (primary N) is 1. The summed E-state index contributed by atoms with van der Waals surface area (Å²) in [5.41, 5.74) is 7.06. The Morgan fingerprint density at radius 2 is 2.14 bits per heavy atom. The van der Waals surface area contributed by atoms with E-state index in [1.807, 2.05) is 32.1 Å². The third-order valence-electron chi connectivity index (χ3n) is 3.55. The molecule has 0 amide bonds. The minimum absolute atomic E-state index is 0.343. The van der Waals surface area contributed by atoms with Crippen molar-refractivity contribution in [3.63, 3.8) is 0 Å². The first-order chi connectivity index (χ1) is 9.95. The van der Waals surface area contributed by atoms with Gasteiger partial charge in [0.25, 0.3) is 0 Å². The largest absolute Gasteiger partial charge is 0.387 e. The first-order valence-corrected chi connectivity index (χ1v) is 7.27. The predicted molar refractivity (Wildman–Crippen MR) is 85.4 cm³/mol. The van der Waals surface area contributed by atoms with Crippen LogP contribution in [0, 0.1) is 5.41 Å². The van der Waals surface area contributed by atoms with Crippen LogP contribution < -0.4 is 5.73 Å². The molecule has 0 saturated heterocycles. The molecule has 116 valence electrons. The Hall–Kier alpha value is -1.89. The van der Waals surface area contributed by atoms with Crippen molar-refractivity contribution in [1.82, 2.24) is 20.0 Å². The number of rotatable bonds is 7. The number of nitrogens with zero attached hydrogens (tertiary/aromatic N) is 4. The normalized spacial score (nSPS) is 15.5. The topological polar surface area (TPSA) is 97.4 Å². The predicted octanol–water partition coefficient (Wildman–Crippen LogP) is 1.14. The third-order valence-corrected chi connectivity index (χ3v) is 3.55. The summed E-state index contributed by atoms with van der Waals surface area (Å²) in [6.07, 6.45) is 2.79. The number of H-pyrrole nitrogens is 1. The van der Waals surface area contributed by atoms with Crippen LogP contribution in [0.25, 0.3) is 0 Å². The molecule has 0 spiro atoms. The second kappa shape index (κ2) is 6.71. The van der Waals surface area contributed by atoms with E-state index in [9.17, 15) is 0 Å². The summed E-state index contributed by atoms with van der Waals surface area (Å²) in [4.78, 5) is 8.26. The van der Waals surface area contributed by atoms with Crippen LogP contribution in [0.4, 0.5) is 5.82 Å². The van der Waals surface area contributed by atoms with Crippen molar-refractivity contribution in [2.24, 2.45) is 10.7 Å². The number of hydrogen-bond acceptors (Lipinski definition) is 4. The van der Waals surface area contributed by atoms with Gasteiger partial charge in [-0.3, -0.25) is 10.5 Å². The summed E-state index contributed by atoms with van der Waals surface area (Å²) in [6, 6.07) is 1.95. The van der Waals surface area contributed by atoms with Gasteiger partial charge in [0.1, 0.15) is 11.7 Å². The molecule has 0 aliphatic heterocycles. The van der Waals surface area contributed by atoms with E-state index in [1.165, 1.54) is 12.8 Å². The van der Waals surface area contributed by atoms with Crippen molar-refractivity contribution < 1.29 is 0 Å². The summed E-state index contributed by atoms with van der Waals surface area (Å²) in [7, 11) is 5.93. The van der Waals surface area contributed by atoms with E-state index in [-0.39, 0.29) is 0 Å². The first-order valence-electron chi connectivity index (χ1n) is 7.27. The second-order valence-corrected chi connectivity index (χ2v) is 5.91. The van der Waals surface area contributed by atoms with Crippen LogP contribution in [0.15, 0.2) is 11.1 Å². The Balaban J connectivity index is 1.85. The Kier molecular flexibility index (Phi) is 4.95. The summed E-state index contributed by atoms with van der Waals surface area (Å²) in [5, 5.41) is 15.2. The first kappa shape index (κ1) is 15.5.